The zero-order valence-corrected chi connectivity index (χ0v) is 21.7. The van der Waals surface area contributed by atoms with Crippen molar-refractivity contribution in [3.8, 4) is 17.2 Å². The predicted molar refractivity (Wildman–Crippen MR) is 146 cm³/mol. The molecule has 5 aromatic rings. The van der Waals surface area contributed by atoms with E-state index in [-0.39, 0.29) is 17.0 Å². The third-order valence-corrected chi connectivity index (χ3v) is 6.31. The van der Waals surface area contributed by atoms with Crippen molar-refractivity contribution in [1.29, 1.82) is 0 Å². The van der Waals surface area contributed by atoms with Gasteiger partial charge in [-0.05, 0) is 74.0 Å². The Morgan fingerprint density at radius 3 is 2.44 bits per heavy atom. The van der Waals surface area contributed by atoms with Crippen molar-refractivity contribution in [2.45, 2.75) is 13.8 Å². The number of hydrogen-bond donors (Lipinski definition) is 2. The lowest BCUT2D eigenvalue weighted by Gasteiger charge is -2.18. The number of aryl methyl sites for hydroxylation is 2. The Kier molecular flexibility index (Phi) is 6.61. The number of pyridine rings is 1. The molecule has 1 amide bonds. The van der Waals surface area contributed by atoms with Gasteiger partial charge in [-0.3, -0.25) is 19.3 Å². The number of H-pyrrole nitrogens is 1. The Hall–Kier alpha value is -4.99. The molecule has 0 radical (unpaired) electrons. The second-order valence-electron chi connectivity index (χ2n) is 9.33. The maximum Gasteiger partial charge on any atom is 0.268 e. The van der Waals surface area contributed by atoms with Crippen LogP contribution in [0.25, 0.3) is 16.6 Å². The molecule has 5 rings (SSSR count). The summed E-state index contributed by atoms with van der Waals surface area (Å²) in [6.45, 7) is 3.37. The fraction of sp³-hybridized carbons (Fsp3) is 0.138. The Morgan fingerprint density at radius 1 is 1.00 bits per heavy atom. The highest BCUT2D eigenvalue weighted by Gasteiger charge is 2.20. The zero-order valence-electron chi connectivity index (χ0n) is 21.7. The van der Waals surface area contributed by atoms with Crippen LogP contribution in [0.4, 0.5) is 20.2 Å². The molecule has 39 heavy (non-hydrogen) atoms. The van der Waals surface area contributed by atoms with Crippen LogP contribution in [0.2, 0.25) is 0 Å². The SMILES string of the molecule is Cc1cc(C)n(-c2ccc(F)cc2)c(=O)c1C(=O)Nc1ccc(Oc2cc3cn[nH]c3cc2N(C)C)c(F)c1. The second kappa shape index (κ2) is 10.1. The third-order valence-electron chi connectivity index (χ3n) is 6.31. The monoisotopic (exact) mass is 529 g/mol. The van der Waals surface area contributed by atoms with Crippen LogP contribution in [0.5, 0.6) is 11.5 Å². The first-order chi connectivity index (χ1) is 18.6. The van der Waals surface area contributed by atoms with Gasteiger partial charge < -0.3 is 15.0 Å². The van der Waals surface area contributed by atoms with Gasteiger partial charge in [-0.25, -0.2) is 8.78 Å². The first-order valence-electron chi connectivity index (χ1n) is 12.0. The number of halogens is 2. The van der Waals surface area contributed by atoms with Crippen LogP contribution in [0.15, 0.2) is 71.7 Å². The average Bonchev–Trinajstić information content (AvgIpc) is 3.33. The normalized spacial score (nSPS) is 11.0. The van der Waals surface area contributed by atoms with Gasteiger partial charge in [0.05, 0.1) is 17.4 Å². The smallest absolute Gasteiger partial charge is 0.268 e. The van der Waals surface area contributed by atoms with E-state index in [1.165, 1.54) is 41.0 Å². The summed E-state index contributed by atoms with van der Waals surface area (Å²) >= 11 is 0. The molecular weight excluding hydrogens is 504 g/mol. The summed E-state index contributed by atoms with van der Waals surface area (Å²) in [7, 11) is 3.69. The number of ether oxygens (including phenoxy) is 1. The molecule has 2 aromatic heterocycles. The van der Waals surface area contributed by atoms with E-state index in [9.17, 15) is 14.0 Å². The van der Waals surface area contributed by atoms with E-state index in [0.29, 0.717) is 22.7 Å². The molecule has 8 nitrogen and oxygen atoms in total. The van der Waals surface area contributed by atoms with Crippen LogP contribution >= 0.6 is 0 Å². The molecule has 0 spiro atoms. The highest BCUT2D eigenvalue weighted by molar-refractivity contribution is 6.05. The van der Waals surface area contributed by atoms with Gasteiger partial charge in [-0.15, -0.1) is 0 Å². The molecule has 0 aliphatic rings. The van der Waals surface area contributed by atoms with Gasteiger partial charge in [0.2, 0.25) is 0 Å². The molecule has 0 bridgehead atoms. The Balaban J connectivity index is 1.42. The molecule has 2 N–H and O–H groups in total. The first kappa shape index (κ1) is 25.7. The molecule has 198 valence electrons. The van der Waals surface area contributed by atoms with Crippen molar-refractivity contribution >= 4 is 28.2 Å². The Bertz CT molecular complexity index is 1780. The summed E-state index contributed by atoms with van der Waals surface area (Å²) < 4.78 is 35.7. The Morgan fingerprint density at radius 2 is 1.74 bits per heavy atom. The standard InChI is InChI=1S/C29H25F2N5O3/c1-16-11-17(2)36(21-8-5-19(30)6-9-21)29(38)27(16)28(37)33-20-7-10-25(22(31)13-20)39-26-12-18-15-32-34-23(18)14-24(26)35(3)4/h5-15H,1-4H3,(H,32,34)(H,33,37). The summed E-state index contributed by atoms with van der Waals surface area (Å²) in [5, 5.41) is 10.3. The molecule has 0 aliphatic carbocycles. The lowest BCUT2D eigenvalue weighted by atomic mass is 10.1. The average molecular weight is 530 g/mol. The van der Waals surface area contributed by atoms with Gasteiger partial charge in [0, 0.05) is 42.6 Å². The molecule has 0 fully saturated rings. The quantitative estimate of drug-likeness (QED) is 0.294. The molecule has 3 aromatic carbocycles. The van der Waals surface area contributed by atoms with Crippen molar-refractivity contribution in [3.63, 3.8) is 0 Å². The van der Waals surface area contributed by atoms with Crippen molar-refractivity contribution in [2.24, 2.45) is 0 Å². The summed E-state index contributed by atoms with van der Waals surface area (Å²) in [6.07, 6.45) is 1.65. The van der Waals surface area contributed by atoms with Gasteiger partial charge in [-0.1, -0.05) is 0 Å². The summed E-state index contributed by atoms with van der Waals surface area (Å²) in [5.41, 5.74) is 2.48. The molecule has 0 saturated carbocycles. The highest BCUT2D eigenvalue weighted by Crippen LogP contribution is 2.36. The van der Waals surface area contributed by atoms with Gasteiger partial charge in [0.1, 0.15) is 11.4 Å². The molecule has 0 unspecified atom stereocenters. The van der Waals surface area contributed by atoms with Crippen molar-refractivity contribution in [1.82, 2.24) is 14.8 Å². The minimum absolute atomic E-state index is 0.0378. The summed E-state index contributed by atoms with van der Waals surface area (Å²) in [5.74, 6) is -1.44. The van der Waals surface area contributed by atoms with E-state index in [2.05, 4.69) is 15.5 Å². The first-order valence-corrected chi connectivity index (χ1v) is 12.0. The van der Waals surface area contributed by atoms with Crippen LogP contribution in [-0.2, 0) is 0 Å². The third kappa shape index (κ3) is 4.96. The fourth-order valence-electron chi connectivity index (χ4n) is 4.44. The Labute approximate surface area is 222 Å². The van der Waals surface area contributed by atoms with Crippen molar-refractivity contribution in [2.75, 3.05) is 24.3 Å². The number of hydrogen-bond acceptors (Lipinski definition) is 5. The van der Waals surface area contributed by atoms with E-state index in [4.69, 9.17) is 4.74 Å². The van der Waals surface area contributed by atoms with E-state index in [0.717, 1.165) is 22.7 Å². The number of amides is 1. The fourth-order valence-corrected chi connectivity index (χ4v) is 4.44. The maximum absolute atomic E-state index is 15.1. The lowest BCUT2D eigenvalue weighted by molar-refractivity contribution is 0.102. The molecular formula is C29H25F2N5O3. The number of aromatic nitrogens is 3. The van der Waals surface area contributed by atoms with E-state index in [1.807, 2.05) is 25.1 Å². The second-order valence-corrected chi connectivity index (χ2v) is 9.33. The number of nitrogens with one attached hydrogen (secondary N) is 2. The van der Waals surface area contributed by atoms with E-state index < -0.39 is 23.1 Å². The van der Waals surface area contributed by atoms with Gasteiger partial charge >= 0.3 is 0 Å². The largest absolute Gasteiger partial charge is 0.452 e. The van der Waals surface area contributed by atoms with Crippen LogP contribution in [0.1, 0.15) is 21.6 Å². The highest BCUT2D eigenvalue weighted by atomic mass is 19.1. The number of aromatic amines is 1. The predicted octanol–water partition coefficient (Wildman–Crippen LogP) is 5.72. The van der Waals surface area contributed by atoms with Gasteiger partial charge in [0.25, 0.3) is 11.5 Å². The van der Waals surface area contributed by atoms with E-state index in [1.54, 1.807) is 32.2 Å². The molecule has 0 atom stereocenters. The van der Waals surface area contributed by atoms with E-state index >= 15 is 4.39 Å². The number of anilines is 2. The van der Waals surface area contributed by atoms with Crippen LogP contribution in [-0.4, -0.2) is 34.8 Å². The topological polar surface area (TPSA) is 92.2 Å². The molecule has 0 saturated heterocycles. The summed E-state index contributed by atoms with van der Waals surface area (Å²) in [4.78, 5) is 28.3. The van der Waals surface area contributed by atoms with Crippen LogP contribution < -0.4 is 20.5 Å². The molecule has 2 heterocycles. The molecule has 0 aliphatic heterocycles. The minimum atomic E-state index is -0.700. The number of carbonyl (C=O) groups is 1. The number of carbonyl (C=O) groups excluding carboxylic acids is 1. The molecule has 10 heteroatoms. The van der Waals surface area contributed by atoms with Gasteiger partial charge in [-0.2, -0.15) is 5.10 Å². The lowest BCUT2D eigenvalue weighted by Crippen LogP contribution is -2.31. The van der Waals surface area contributed by atoms with Crippen molar-refractivity contribution < 1.29 is 18.3 Å². The number of fused-ring (bicyclic) bond motifs is 1. The van der Waals surface area contributed by atoms with Crippen molar-refractivity contribution in [3.05, 3.63) is 106 Å². The number of benzene rings is 3. The van der Waals surface area contributed by atoms with Gasteiger partial charge in [0.15, 0.2) is 17.3 Å². The van der Waals surface area contributed by atoms with Crippen LogP contribution in [0, 0.1) is 25.5 Å². The summed E-state index contributed by atoms with van der Waals surface area (Å²) in [6, 6.07) is 14.7. The number of nitrogens with zero attached hydrogens (tertiary/aromatic N) is 3. The number of rotatable bonds is 6. The maximum atomic E-state index is 15.1. The minimum Gasteiger partial charge on any atom is -0.452 e. The zero-order chi connectivity index (χ0) is 27.8. The van der Waals surface area contributed by atoms with Crippen LogP contribution in [0.3, 0.4) is 0 Å².